The molecule has 13 heavy (non-hydrogen) atoms. The zero-order valence-corrected chi connectivity index (χ0v) is 6.91. The Morgan fingerprint density at radius 3 is 2.77 bits per heavy atom. The maximum Gasteiger partial charge on any atom is 0.139 e. The van der Waals surface area contributed by atoms with Gasteiger partial charge >= 0.3 is 0 Å². The van der Waals surface area contributed by atoms with E-state index in [0.717, 1.165) is 5.56 Å². The van der Waals surface area contributed by atoms with E-state index in [-0.39, 0.29) is 0 Å². The lowest BCUT2D eigenvalue weighted by atomic mass is 10.2. The Kier molecular flexibility index (Phi) is 2.14. The molecule has 0 unspecified atom stereocenters. The first-order valence-corrected chi connectivity index (χ1v) is 3.89. The maximum atomic E-state index is 4.05. The van der Waals surface area contributed by atoms with Crippen molar-refractivity contribution in [2.45, 2.75) is 0 Å². The number of aromatic nitrogens is 3. The minimum atomic E-state index is 1.04. The van der Waals surface area contributed by atoms with Crippen molar-refractivity contribution in [3.8, 4) is 0 Å². The van der Waals surface area contributed by atoms with E-state index in [1.165, 1.54) is 11.1 Å². The van der Waals surface area contributed by atoms with Crippen molar-refractivity contribution in [3.05, 3.63) is 48.5 Å². The van der Waals surface area contributed by atoms with Crippen molar-refractivity contribution in [1.82, 2.24) is 14.9 Å². The predicted octanol–water partition coefficient (Wildman–Crippen LogP) is 1.16. The van der Waals surface area contributed by atoms with Gasteiger partial charge in [-0.2, -0.15) is 5.10 Å². The first-order valence-electron chi connectivity index (χ1n) is 3.89. The quantitative estimate of drug-likeness (QED) is 0.638. The Labute approximate surface area is 75.5 Å². The molecule has 0 aliphatic heterocycles. The molecule has 1 aromatic carbocycles. The third-order valence-electron chi connectivity index (χ3n) is 1.53. The van der Waals surface area contributed by atoms with Crippen LogP contribution in [-0.4, -0.2) is 21.1 Å². The SMILES string of the molecule is C(=N/n1cncn1)/c1ccccc1. The molecule has 0 fully saturated rings. The van der Waals surface area contributed by atoms with Crippen molar-refractivity contribution in [3.63, 3.8) is 0 Å². The summed E-state index contributed by atoms with van der Waals surface area (Å²) in [5, 5.41) is 7.89. The maximum absolute atomic E-state index is 4.05. The van der Waals surface area contributed by atoms with Gasteiger partial charge in [0, 0.05) is 0 Å². The van der Waals surface area contributed by atoms with Crippen LogP contribution in [0.1, 0.15) is 5.56 Å². The topological polar surface area (TPSA) is 43.1 Å². The van der Waals surface area contributed by atoms with Gasteiger partial charge in [0.1, 0.15) is 12.7 Å². The third kappa shape index (κ3) is 1.99. The van der Waals surface area contributed by atoms with E-state index in [0.29, 0.717) is 0 Å². The van der Waals surface area contributed by atoms with Crippen molar-refractivity contribution in [2.24, 2.45) is 5.10 Å². The molecule has 0 radical (unpaired) electrons. The summed E-state index contributed by atoms with van der Waals surface area (Å²) in [7, 11) is 0. The predicted molar refractivity (Wildman–Crippen MR) is 49.5 cm³/mol. The van der Waals surface area contributed by atoms with E-state index in [9.17, 15) is 0 Å². The number of hydrogen-bond acceptors (Lipinski definition) is 3. The standard InChI is InChI=1S/C9H8N4/c1-2-4-9(5-3-1)6-11-13-8-10-7-12-13/h1-8H/b11-6-. The van der Waals surface area contributed by atoms with Gasteiger partial charge in [0.15, 0.2) is 0 Å². The molecule has 0 spiro atoms. The van der Waals surface area contributed by atoms with Crippen LogP contribution in [0, 0.1) is 0 Å². The molecule has 0 aliphatic rings. The monoisotopic (exact) mass is 172 g/mol. The van der Waals surface area contributed by atoms with Gasteiger partial charge in [-0.25, -0.2) is 4.98 Å². The molecule has 0 N–H and O–H groups in total. The highest BCUT2D eigenvalue weighted by molar-refractivity contribution is 5.79. The lowest BCUT2D eigenvalue weighted by Crippen LogP contribution is -1.89. The van der Waals surface area contributed by atoms with E-state index in [1.54, 1.807) is 12.5 Å². The number of benzene rings is 1. The summed E-state index contributed by atoms with van der Waals surface area (Å²) in [4.78, 5) is 5.18. The van der Waals surface area contributed by atoms with Crippen LogP contribution in [0.4, 0.5) is 0 Å². The molecule has 2 aromatic rings. The first kappa shape index (κ1) is 7.67. The van der Waals surface area contributed by atoms with Crippen LogP contribution in [0.2, 0.25) is 0 Å². The molecular weight excluding hydrogens is 164 g/mol. The second kappa shape index (κ2) is 3.62. The van der Waals surface area contributed by atoms with Crippen LogP contribution in [0.5, 0.6) is 0 Å². The number of nitrogens with zero attached hydrogens (tertiary/aromatic N) is 4. The van der Waals surface area contributed by atoms with Crippen molar-refractivity contribution in [1.29, 1.82) is 0 Å². The number of rotatable bonds is 2. The molecule has 1 aromatic heterocycles. The minimum Gasteiger partial charge on any atom is -0.221 e. The van der Waals surface area contributed by atoms with Crippen LogP contribution in [0.3, 0.4) is 0 Å². The van der Waals surface area contributed by atoms with Gasteiger partial charge in [-0.3, -0.25) is 0 Å². The van der Waals surface area contributed by atoms with Crippen LogP contribution in [0.15, 0.2) is 48.1 Å². The fraction of sp³-hybridized carbons (Fsp3) is 0. The number of hydrogen-bond donors (Lipinski definition) is 0. The fourth-order valence-corrected chi connectivity index (χ4v) is 0.927. The molecule has 0 aliphatic carbocycles. The molecule has 1 heterocycles. The highest BCUT2D eigenvalue weighted by Gasteiger charge is 1.85. The van der Waals surface area contributed by atoms with E-state index in [2.05, 4.69) is 15.2 Å². The molecule has 2 rings (SSSR count). The summed E-state index contributed by atoms with van der Waals surface area (Å²) in [6, 6.07) is 9.83. The Morgan fingerprint density at radius 1 is 1.23 bits per heavy atom. The van der Waals surface area contributed by atoms with E-state index in [4.69, 9.17) is 0 Å². The van der Waals surface area contributed by atoms with Gasteiger partial charge in [-0.1, -0.05) is 30.3 Å². The van der Waals surface area contributed by atoms with E-state index >= 15 is 0 Å². The third-order valence-corrected chi connectivity index (χ3v) is 1.53. The molecule has 0 bridgehead atoms. The Balaban J connectivity index is 2.15. The van der Waals surface area contributed by atoms with Crippen LogP contribution in [0.25, 0.3) is 0 Å². The highest BCUT2D eigenvalue weighted by Crippen LogP contribution is 1.93. The van der Waals surface area contributed by atoms with Gasteiger partial charge in [-0.15, -0.1) is 9.89 Å². The van der Waals surface area contributed by atoms with Crippen LogP contribution < -0.4 is 0 Å². The zero-order chi connectivity index (χ0) is 8.93. The summed E-state index contributed by atoms with van der Waals surface area (Å²) in [6.45, 7) is 0. The average molecular weight is 172 g/mol. The summed E-state index contributed by atoms with van der Waals surface area (Å²) in [6.07, 6.45) is 4.72. The van der Waals surface area contributed by atoms with E-state index < -0.39 is 0 Å². The highest BCUT2D eigenvalue weighted by atomic mass is 15.5. The summed E-state index contributed by atoms with van der Waals surface area (Å²) < 4.78 is 0. The second-order valence-electron chi connectivity index (χ2n) is 2.47. The smallest absolute Gasteiger partial charge is 0.139 e. The summed E-state index contributed by atoms with van der Waals surface area (Å²) in [5.74, 6) is 0. The molecule has 0 saturated heterocycles. The molecular formula is C9H8N4. The Morgan fingerprint density at radius 2 is 2.08 bits per heavy atom. The van der Waals surface area contributed by atoms with Gasteiger partial charge in [0.05, 0.1) is 6.21 Å². The van der Waals surface area contributed by atoms with Gasteiger partial charge in [-0.05, 0) is 5.56 Å². The zero-order valence-electron chi connectivity index (χ0n) is 6.91. The fourth-order valence-electron chi connectivity index (χ4n) is 0.927. The molecule has 0 atom stereocenters. The molecule has 4 nitrogen and oxygen atoms in total. The largest absolute Gasteiger partial charge is 0.221 e. The summed E-state index contributed by atoms with van der Waals surface area (Å²) >= 11 is 0. The van der Waals surface area contributed by atoms with E-state index in [1.807, 2.05) is 30.3 Å². The van der Waals surface area contributed by atoms with Gasteiger partial charge in [0.2, 0.25) is 0 Å². The summed E-state index contributed by atoms with van der Waals surface area (Å²) in [5.41, 5.74) is 1.04. The Bertz CT molecular complexity index is 377. The van der Waals surface area contributed by atoms with Gasteiger partial charge < -0.3 is 0 Å². The van der Waals surface area contributed by atoms with Crippen LogP contribution in [-0.2, 0) is 0 Å². The lowest BCUT2D eigenvalue weighted by molar-refractivity contribution is 0.743. The normalized spacial score (nSPS) is 10.8. The second-order valence-corrected chi connectivity index (χ2v) is 2.47. The molecule has 4 heteroatoms. The molecule has 0 saturated carbocycles. The average Bonchev–Trinajstić information content (AvgIpc) is 2.69. The Hall–Kier alpha value is -1.97. The lowest BCUT2D eigenvalue weighted by Gasteiger charge is -1.90. The van der Waals surface area contributed by atoms with Gasteiger partial charge in [0.25, 0.3) is 0 Å². The van der Waals surface area contributed by atoms with Crippen molar-refractivity contribution >= 4 is 6.21 Å². The van der Waals surface area contributed by atoms with Crippen molar-refractivity contribution < 1.29 is 0 Å². The molecule has 64 valence electrons. The minimum absolute atomic E-state index is 1.04. The molecule has 0 amide bonds. The first-order chi connectivity index (χ1) is 6.45. The van der Waals surface area contributed by atoms with Crippen molar-refractivity contribution in [2.75, 3.05) is 0 Å². The van der Waals surface area contributed by atoms with Crippen LogP contribution >= 0.6 is 0 Å².